The lowest BCUT2D eigenvalue weighted by Crippen LogP contribution is -2.15. The van der Waals surface area contributed by atoms with Gasteiger partial charge in [0.2, 0.25) is 0 Å². The number of hydrogen-bond donors (Lipinski definition) is 0. The van der Waals surface area contributed by atoms with Gasteiger partial charge in [-0.25, -0.2) is 0 Å². The van der Waals surface area contributed by atoms with Crippen molar-refractivity contribution < 1.29 is 38.0 Å². The highest BCUT2D eigenvalue weighted by molar-refractivity contribution is 9.09. The quantitative estimate of drug-likeness (QED) is 0.107. The molecule has 0 aromatic rings. The molecule has 0 N–H and O–H groups in total. The number of alkyl halides is 1. The summed E-state index contributed by atoms with van der Waals surface area (Å²) in [5, 5.41) is 0.840. The topological polar surface area (TPSA) is 81.7 Å². The van der Waals surface area contributed by atoms with Crippen LogP contribution in [0.3, 0.4) is 0 Å². The normalized spacial score (nSPS) is 11.1. The second kappa shape index (κ2) is 26.7. The van der Waals surface area contributed by atoms with Gasteiger partial charge in [0.15, 0.2) is 0 Å². The fraction of sp³-hybridized carbons (Fsp3) is 0.952. The molecule has 8 nitrogen and oxygen atoms in total. The SMILES string of the molecule is CCCCCCC(=O)OCCOCCOCCOCCOCCOCCOCCBr. The van der Waals surface area contributed by atoms with Crippen LogP contribution in [0, 0.1) is 0 Å². The molecule has 0 heterocycles. The molecule has 0 rings (SSSR count). The van der Waals surface area contributed by atoms with Crippen molar-refractivity contribution in [2.45, 2.75) is 39.0 Å². The average Bonchev–Trinajstić information content (AvgIpc) is 2.75. The first-order valence-corrected chi connectivity index (χ1v) is 12.1. The van der Waals surface area contributed by atoms with Crippen molar-refractivity contribution in [3.63, 3.8) is 0 Å². The van der Waals surface area contributed by atoms with Crippen molar-refractivity contribution in [2.24, 2.45) is 0 Å². The molecular weight excluding hydrogens is 460 g/mol. The highest BCUT2D eigenvalue weighted by Gasteiger charge is 2.02. The molecule has 0 spiro atoms. The molecule has 0 amide bonds. The van der Waals surface area contributed by atoms with Crippen LogP contribution in [-0.4, -0.2) is 97.2 Å². The zero-order valence-electron chi connectivity index (χ0n) is 18.6. The Kier molecular flexibility index (Phi) is 26.5. The molecule has 0 fully saturated rings. The summed E-state index contributed by atoms with van der Waals surface area (Å²) in [6, 6.07) is 0. The number of carbonyl (C=O) groups is 1. The molecule has 0 saturated heterocycles. The predicted octanol–water partition coefficient (Wildman–Crippen LogP) is 2.99. The predicted molar refractivity (Wildman–Crippen MR) is 118 cm³/mol. The van der Waals surface area contributed by atoms with Crippen LogP contribution in [0.1, 0.15) is 39.0 Å². The molecule has 0 aliphatic heterocycles. The Bertz CT molecular complexity index is 347. The number of rotatable bonds is 25. The van der Waals surface area contributed by atoms with Gasteiger partial charge in [0.1, 0.15) is 6.61 Å². The van der Waals surface area contributed by atoms with E-state index < -0.39 is 0 Å². The summed E-state index contributed by atoms with van der Waals surface area (Å²) in [6.07, 6.45) is 4.81. The number of esters is 1. The van der Waals surface area contributed by atoms with Gasteiger partial charge >= 0.3 is 5.97 Å². The van der Waals surface area contributed by atoms with Crippen molar-refractivity contribution in [1.29, 1.82) is 0 Å². The van der Waals surface area contributed by atoms with Gasteiger partial charge in [0.25, 0.3) is 0 Å². The van der Waals surface area contributed by atoms with Crippen molar-refractivity contribution in [3.8, 4) is 0 Å². The van der Waals surface area contributed by atoms with Gasteiger partial charge < -0.3 is 33.2 Å². The average molecular weight is 501 g/mol. The Labute approximate surface area is 190 Å². The third-order valence-electron chi connectivity index (χ3n) is 3.81. The molecule has 180 valence electrons. The van der Waals surface area contributed by atoms with Gasteiger partial charge in [0, 0.05) is 11.8 Å². The van der Waals surface area contributed by atoms with Gasteiger partial charge in [-0.2, -0.15) is 0 Å². The second-order valence-corrected chi connectivity index (χ2v) is 7.19. The molecule has 0 aliphatic rings. The fourth-order valence-electron chi connectivity index (χ4n) is 2.24. The van der Waals surface area contributed by atoms with Crippen LogP contribution in [-0.2, 0) is 38.0 Å². The minimum atomic E-state index is -0.143. The summed E-state index contributed by atoms with van der Waals surface area (Å²) < 4.78 is 37.3. The second-order valence-electron chi connectivity index (χ2n) is 6.39. The van der Waals surface area contributed by atoms with Crippen LogP contribution in [0.2, 0.25) is 0 Å². The maximum absolute atomic E-state index is 11.5. The Morgan fingerprint density at radius 3 is 1.37 bits per heavy atom. The molecule has 0 atom stereocenters. The first kappa shape index (κ1) is 29.7. The van der Waals surface area contributed by atoms with Crippen LogP contribution in [0.5, 0.6) is 0 Å². The van der Waals surface area contributed by atoms with Gasteiger partial charge in [-0.05, 0) is 6.42 Å². The number of unbranched alkanes of at least 4 members (excludes halogenated alkanes) is 3. The van der Waals surface area contributed by atoms with E-state index in [1.165, 1.54) is 6.42 Å². The molecule has 0 radical (unpaired) electrons. The number of hydrogen-bond acceptors (Lipinski definition) is 8. The first-order chi connectivity index (χ1) is 14.8. The van der Waals surface area contributed by atoms with E-state index in [4.69, 9.17) is 33.2 Å². The monoisotopic (exact) mass is 500 g/mol. The van der Waals surface area contributed by atoms with E-state index in [1.54, 1.807) is 0 Å². The van der Waals surface area contributed by atoms with Crippen LogP contribution < -0.4 is 0 Å². The molecular formula is C21H41BrO8. The largest absolute Gasteiger partial charge is 0.463 e. The lowest BCUT2D eigenvalue weighted by molar-refractivity contribution is -0.145. The lowest BCUT2D eigenvalue weighted by Gasteiger charge is -2.08. The maximum Gasteiger partial charge on any atom is 0.305 e. The third-order valence-corrected chi connectivity index (χ3v) is 4.13. The molecule has 0 bridgehead atoms. The summed E-state index contributed by atoms with van der Waals surface area (Å²) in [5.74, 6) is -0.143. The van der Waals surface area contributed by atoms with Crippen LogP contribution in [0.4, 0.5) is 0 Å². The Balaban J connectivity index is 3.07. The van der Waals surface area contributed by atoms with Crippen molar-refractivity contribution in [3.05, 3.63) is 0 Å². The zero-order valence-corrected chi connectivity index (χ0v) is 20.2. The highest BCUT2D eigenvalue weighted by Crippen LogP contribution is 2.03. The third kappa shape index (κ3) is 25.7. The summed E-state index contributed by atoms with van der Waals surface area (Å²) >= 11 is 3.29. The number of ether oxygens (including phenoxy) is 7. The maximum atomic E-state index is 11.5. The van der Waals surface area contributed by atoms with E-state index in [0.717, 1.165) is 24.6 Å². The minimum absolute atomic E-state index is 0.143. The van der Waals surface area contributed by atoms with E-state index in [2.05, 4.69) is 22.9 Å². The minimum Gasteiger partial charge on any atom is -0.463 e. The van der Waals surface area contributed by atoms with E-state index in [9.17, 15) is 4.79 Å². The molecule has 0 saturated carbocycles. The van der Waals surface area contributed by atoms with Crippen molar-refractivity contribution >= 4 is 21.9 Å². The Morgan fingerprint density at radius 2 is 0.967 bits per heavy atom. The summed E-state index contributed by atoms with van der Waals surface area (Å²) in [5.41, 5.74) is 0. The molecule has 0 aromatic carbocycles. The van der Waals surface area contributed by atoms with Gasteiger partial charge in [-0.1, -0.05) is 42.1 Å². The van der Waals surface area contributed by atoms with E-state index in [-0.39, 0.29) is 5.97 Å². The molecule has 0 unspecified atom stereocenters. The Morgan fingerprint density at radius 1 is 0.567 bits per heavy atom. The molecule has 0 aromatic heterocycles. The van der Waals surface area contributed by atoms with Crippen LogP contribution >= 0.6 is 15.9 Å². The molecule has 9 heteroatoms. The smallest absolute Gasteiger partial charge is 0.305 e. The highest BCUT2D eigenvalue weighted by atomic mass is 79.9. The van der Waals surface area contributed by atoms with Crippen molar-refractivity contribution in [2.75, 3.05) is 91.2 Å². The van der Waals surface area contributed by atoms with Crippen LogP contribution in [0.15, 0.2) is 0 Å². The lowest BCUT2D eigenvalue weighted by atomic mass is 10.2. The van der Waals surface area contributed by atoms with Crippen LogP contribution in [0.25, 0.3) is 0 Å². The molecule has 30 heavy (non-hydrogen) atoms. The van der Waals surface area contributed by atoms with E-state index in [1.807, 2.05) is 0 Å². The zero-order chi connectivity index (χ0) is 22.0. The van der Waals surface area contributed by atoms with Crippen molar-refractivity contribution in [1.82, 2.24) is 0 Å². The Hall–Kier alpha value is -0.290. The fourth-order valence-corrected chi connectivity index (χ4v) is 2.47. The number of halogens is 1. The first-order valence-electron chi connectivity index (χ1n) is 11.0. The van der Waals surface area contributed by atoms with E-state index in [0.29, 0.717) is 92.3 Å². The standard InChI is InChI=1S/C21H41BrO8/c1-2-3-4-5-6-21(23)30-20-19-29-18-17-28-16-15-27-14-13-26-12-11-25-10-9-24-8-7-22/h2-20H2,1H3. The van der Waals surface area contributed by atoms with E-state index >= 15 is 0 Å². The van der Waals surface area contributed by atoms with Gasteiger partial charge in [-0.15, -0.1) is 0 Å². The van der Waals surface area contributed by atoms with Gasteiger partial charge in [0.05, 0.1) is 79.3 Å². The van der Waals surface area contributed by atoms with Gasteiger partial charge in [-0.3, -0.25) is 4.79 Å². The summed E-state index contributed by atoms with van der Waals surface area (Å²) in [7, 11) is 0. The molecule has 0 aliphatic carbocycles. The summed E-state index contributed by atoms with van der Waals surface area (Å²) in [6.45, 7) is 8.86. The summed E-state index contributed by atoms with van der Waals surface area (Å²) in [4.78, 5) is 11.5. The number of carbonyl (C=O) groups excluding carboxylic acids is 1.